The van der Waals surface area contributed by atoms with E-state index in [9.17, 15) is 10.1 Å². The fraction of sp³-hybridized carbons (Fsp3) is 0.308. The van der Waals surface area contributed by atoms with Gasteiger partial charge in [0.25, 0.3) is 6.20 Å². The Bertz CT molecular complexity index is 478. The highest BCUT2D eigenvalue weighted by Gasteiger charge is 2.16. The second-order valence-electron chi connectivity index (χ2n) is 4.01. The summed E-state index contributed by atoms with van der Waals surface area (Å²) in [5.74, 6) is -0.127. The van der Waals surface area contributed by atoms with Gasteiger partial charge in [-0.3, -0.25) is 15.1 Å². The smallest absolute Gasteiger partial charge is 0.256 e. The van der Waals surface area contributed by atoms with E-state index >= 15 is 0 Å². The number of nitrogens with zero attached hydrogens (tertiary/aromatic N) is 2. The lowest BCUT2D eigenvalue weighted by Gasteiger charge is -2.15. The zero-order valence-electron chi connectivity index (χ0n) is 10.3. The van der Waals surface area contributed by atoms with Crippen molar-refractivity contribution in [2.75, 3.05) is 0 Å². The molecule has 0 saturated carbocycles. The van der Waals surface area contributed by atoms with Crippen LogP contribution in [0.2, 0.25) is 0 Å². The Hall–Kier alpha value is -1.97. The van der Waals surface area contributed by atoms with Crippen molar-refractivity contribution in [2.45, 2.75) is 26.7 Å². The van der Waals surface area contributed by atoms with Crippen LogP contribution in [0.3, 0.4) is 0 Å². The van der Waals surface area contributed by atoms with Crippen LogP contribution in [0.5, 0.6) is 0 Å². The summed E-state index contributed by atoms with van der Waals surface area (Å²) >= 11 is 0. The van der Waals surface area contributed by atoms with Crippen molar-refractivity contribution in [3.8, 4) is 0 Å². The van der Waals surface area contributed by atoms with E-state index in [1.807, 2.05) is 39.0 Å². The SMILES string of the molecule is C=N/C(=C\[N+](=O)[O-])[C@@H](C)c1cccc(C)c1C. The number of hydrogen-bond acceptors (Lipinski definition) is 3. The standard InChI is InChI=1S/C13H16N2O2/c1-9-6-5-7-12(10(9)2)11(3)13(14-4)8-15(16)17/h5-8,11H,4H2,1-3H3/b13-8-/t11-/m0/s1. The molecule has 1 aromatic rings. The van der Waals surface area contributed by atoms with E-state index in [2.05, 4.69) is 11.7 Å². The van der Waals surface area contributed by atoms with Gasteiger partial charge < -0.3 is 0 Å². The molecule has 0 N–H and O–H groups in total. The third kappa shape index (κ3) is 3.00. The Morgan fingerprint density at radius 2 is 2.18 bits per heavy atom. The second-order valence-corrected chi connectivity index (χ2v) is 4.01. The number of aryl methyl sites for hydroxylation is 1. The topological polar surface area (TPSA) is 55.5 Å². The Morgan fingerprint density at radius 1 is 1.53 bits per heavy atom. The Balaban J connectivity index is 3.19. The molecule has 1 rings (SSSR count). The molecule has 0 heterocycles. The molecule has 0 aliphatic carbocycles. The molecule has 0 spiro atoms. The van der Waals surface area contributed by atoms with E-state index < -0.39 is 4.92 Å². The van der Waals surface area contributed by atoms with Crippen LogP contribution in [-0.2, 0) is 0 Å². The van der Waals surface area contributed by atoms with E-state index in [1.54, 1.807) is 0 Å². The second kappa shape index (κ2) is 5.39. The molecule has 0 aromatic heterocycles. The van der Waals surface area contributed by atoms with Crippen LogP contribution in [-0.4, -0.2) is 11.6 Å². The minimum atomic E-state index is -0.494. The molecular weight excluding hydrogens is 216 g/mol. The number of hydrogen-bond donors (Lipinski definition) is 0. The first-order valence-corrected chi connectivity index (χ1v) is 5.35. The molecule has 17 heavy (non-hydrogen) atoms. The van der Waals surface area contributed by atoms with Crippen molar-refractivity contribution in [1.82, 2.24) is 0 Å². The minimum Gasteiger partial charge on any atom is -0.262 e. The lowest BCUT2D eigenvalue weighted by atomic mass is 9.91. The van der Waals surface area contributed by atoms with E-state index in [0.29, 0.717) is 5.70 Å². The van der Waals surface area contributed by atoms with Gasteiger partial charge in [0.2, 0.25) is 0 Å². The summed E-state index contributed by atoms with van der Waals surface area (Å²) in [4.78, 5) is 13.7. The summed E-state index contributed by atoms with van der Waals surface area (Å²) in [6.45, 7) is 9.31. The average molecular weight is 232 g/mol. The van der Waals surface area contributed by atoms with Crippen LogP contribution in [0.1, 0.15) is 29.5 Å². The molecule has 0 aliphatic rings. The summed E-state index contributed by atoms with van der Waals surface area (Å²) in [5, 5.41) is 10.5. The molecule has 0 radical (unpaired) electrons. The molecular formula is C13H16N2O2. The van der Waals surface area contributed by atoms with Crippen LogP contribution >= 0.6 is 0 Å². The molecule has 4 nitrogen and oxygen atoms in total. The van der Waals surface area contributed by atoms with Gasteiger partial charge in [0.1, 0.15) is 5.70 Å². The number of benzene rings is 1. The van der Waals surface area contributed by atoms with Crippen molar-refractivity contribution in [1.29, 1.82) is 0 Å². The fourth-order valence-corrected chi connectivity index (χ4v) is 1.80. The monoisotopic (exact) mass is 232 g/mol. The highest BCUT2D eigenvalue weighted by Crippen LogP contribution is 2.28. The van der Waals surface area contributed by atoms with Gasteiger partial charge >= 0.3 is 0 Å². The van der Waals surface area contributed by atoms with Crippen LogP contribution in [0.4, 0.5) is 0 Å². The van der Waals surface area contributed by atoms with E-state index in [4.69, 9.17) is 0 Å². The van der Waals surface area contributed by atoms with Crippen molar-refractivity contribution in [3.63, 3.8) is 0 Å². The molecule has 0 fully saturated rings. The number of allylic oxidation sites excluding steroid dienone is 1. The zero-order valence-corrected chi connectivity index (χ0v) is 10.3. The number of nitro groups is 1. The summed E-state index contributed by atoms with van der Waals surface area (Å²) < 4.78 is 0. The van der Waals surface area contributed by atoms with Gasteiger partial charge in [-0.25, -0.2) is 0 Å². The molecule has 0 saturated heterocycles. The Labute approximate surface area is 101 Å². The van der Waals surface area contributed by atoms with Gasteiger partial charge in [0.15, 0.2) is 0 Å². The first-order chi connectivity index (χ1) is 7.97. The first-order valence-electron chi connectivity index (χ1n) is 5.35. The molecule has 1 atom stereocenters. The summed E-state index contributed by atoms with van der Waals surface area (Å²) in [5.41, 5.74) is 3.73. The summed E-state index contributed by atoms with van der Waals surface area (Å²) in [6.07, 6.45) is 0.916. The third-order valence-corrected chi connectivity index (χ3v) is 2.98. The third-order valence-electron chi connectivity index (χ3n) is 2.98. The van der Waals surface area contributed by atoms with Gasteiger partial charge in [-0.15, -0.1) is 0 Å². The van der Waals surface area contributed by atoms with Gasteiger partial charge in [0.05, 0.1) is 4.92 Å². The molecule has 0 amide bonds. The van der Waals surface area contributed by atoms with E-state index in [0.717, 1.165) is 17.3 Å². The Morgan fingerprint density at radius 3 is 2.71 bits per heavy atom. The fourth-order valence-electron chi connectivity index (χ4n) is 1.80. The molecule has 0 aliphatic heterocycles. The predicted molar refractivity (Wildman–Crippen MR) is 69.0 cm³/mol. The van der Waals surface area contributed by atoms with E-state index in [1.165, 1.54) is 5.56 Å². The zero-order chi connectivity index (χ0) is 13.0. The lowest BCUT2D eigenvalue weighted by molar-refractivity contribution is -0.403. The van der Waals surface area contributed by atoms with Crippen LogP contribution in [0, 0.1) is 24.0 Å². The Kier molecular flexibility index (Phi) is 4.15. The first kappa shape index (κ1) is 13.1. The molecule has 4 heteroatoms. The van der Waals surface area contributed by atoms with Gasteiger partial charge in [-0.05, 0) is 37.3 Å². The summed E-state index contributed by atoms with van der Waals surface area (Å²) in [7, 11) is 0. The minimum absolute atomic E-state index is 0.127. The van der Waals surface area contributed by atoms with Crippen molar-refractivity contribution in [2.24, 2.45) is 4.99 Å². The average Bonchev–Trinajstić information content (AvgIpc) is 2.28. The maximum Gasteiger partial charge on any atom is 0.256 e. The van der Waals surface area contributed by atoms with Crippen LogP contribution < -0.4 is 0 Å². The van der Waals surface area contributed by atoms with Gasteiger partial charge in [-0.2, -0.15) is 0 Å². The lowest BCUT2D eigenvalue weighted by Crippen LogP contribution is -2.02. The number of rotatable bonds is 4. The normalized spacial score (nSPS) is 13.2. The van der Waals surface area contributed by atoms with Crippen LogP contribution in [0.25, 0.3) is 0 Å². The molecule has 90 valence electrons. The van der Waals surface area contributed by atoms with Crippen LogP contribution in [0.15, 0.2) is 35.1 Å². The predicted octanol–water partition coefficient (Wildman–Crippen LogP) is 3.23. The quantitative estimate of drug-likeness (QED) is 0.454. The van der Waals surface area contributed by atoms with Crippen molar-refractivity contribution in [3.05, 3.63) is 56.9 Å². The number of aliphatic imine (C=N–C) groups is 1. The van der Waals surface area contributed by atoms with Crippen molar-refractivity contribution < 1.29 is 4.92 Å². The van der Waals surface area contributed by atoms with Gasteiger partial charge in [0, 0.05) is 5.92 Å². The highest BCUT2D eigenvalue weighted by molar-refractivity contribution is 5.40. The maximum atomic E-state index is 10.5. The molecule has 0 unspecified atom stereocenters. The highest BCUT2D eigenvalue weighted by atomic mass is 16.6. The maximum absolute atomic E-state index is 10.5. The largest absolute Gasteiger partial charge is 0.262 e. The summed E-state index contributed by atoms with van der Waals surface area (Å²) in [6, 6.07) is 5.93. The van der Waals surface area contributed by atoms with E-state index in [-0.39, 0.29) is 5.92 Å². The molecule has 0 bridgehead atoms. The van der Waals surface area contributed by atoms with Gasteiger partial charge in [-0.1, -0.05) is 25.1 Å². The molecule has 1 aromatic carbocycles. The van der Waals surface area contributed by atoms with Crippen molar-refractivity contribution >= 4 is 6.72 Å².